The van der Waals surface area contributed by atoms with E-state index in [-0.39, 0.29) is 4.48 Å². The monoisotopic (exact) mass is 162 g/mol. The van der Waals surface area contributed by atoms with Crippen molar-refractivity contribution in [3.05, 3.63) is 0 Å². The summed E-state index contributed by atoms with van der Waals surface area (Å²) in [6.07, 6.45) is -0.826. The summed E-state index contributed by atoms with van der Waals surface area (Å²) in [7, 11) is 5.22. The molecular formula is C7H16NO3+. The van der Waals surface area contributed by atoms with Crippen molar-refractivity contribution in [3.63, 3.8) is 0 Å². The molecular weight excluding hydrogens is 146 g/mol. The van der Waals surface area contributed by atoms with Crippen molar-refractivity contribution >= 4 is 5.97 Å². The van der Waals surface area contributed by atoms with E-state index in [1.165, 1.54) is 6.92 Å². The van der Waals surface area contributed by atoms with Crippen LogP contribution in [0.2, 0.25) is 0 Å². The molecule has 0 rings (SSSR count). The van der Waals surface area contributed by atoms with Gasteiger partial charge in [-0.15, -0.1) is 0 Å². The number of aliphatic hydroxyl groups excluding tert-OH is 1. The van der Waals surface area contributed by atoms with Crippen LogP contribution in [0, 0.1) is 0 Å². The van der Waals surface area contributed by atoms with Crippen molar-refractivity contribution in [3.8, 4) is 0 Å². The summed E-state index contributed by atoms with van der Waals surface area (Å²) in [5.41, 5.74) is 0. The van der Waals surface area contributed by atoms with Crippen LogP contribution < -0.4 is 0 Å². The first-order valence-corrected chi connectivity index (χ1v) is 3.49. The first-order valence-electron chi connectivity index (χ1n) is 3.49. The van der Waals surface area contributed by atoms with Crippen molar-refractivity contribution in [2.75, 3.05) is 21.1 Å². The summed E-state index contributed by atoms with van der Waals surface area (Å²) >= 11 is 0. The van der Waals surface area contributed by atoms with E-state index in [0.717, 1.165) is 0 Å². The maximum atomic E-state index is 10.6. The lowest BCUT2D eigenvalue weighted by Gasteiger charge is -2.32. The number of carboxylic acids is 1. The molecule has 0 aliphatic heterocycles. The van der Waals surface area contributed by atoms with Gasteiger partial charge in [0.2, 0.25) is 6.04 Å². The Balaban J connectivity index is 4.49. The van der Waals surface area contributed by atoms with E-state index in [4.69, 9.17) is 10.2 Å². The van der Waals surface area contributed by atoms with E-state index in [0.29, 0.717) is 0 Å². The number of carboxylic acid groups (broad SMARTS) is 1. The highest BCUT2D eigenvalue weighted by atomic mass is 16.4. The second kappa shape index (κ2) is 3.19. The number of hydrogen-bond acceptors (Lipinski definition) is 2. The number of aliphatic hydroxyl groups is 1. The third-order valence-electron chi connectivity index (χ3n) is 1.54. The molecule has 4 heteroatoms. The van der Waals surface area contributed by atoms with Crippen LogP contribution in [0.15, 0.2) is 0 Å². The molecule has 4 nitrogen and oxygen atoms in total. The lowest BCUT2D eigenvalue weighted by molar-refractivity contribution is -0.890. The van der Waals surface area contributed by atoms with E-state index in [1.54, 1.807) is 21.1 Å². The summed E-state index contributed by atoms with van der Waals surface area (Å²) in [5.74, 6) is -0.965. The van der Waals surface area contributed by atoms with E-state index in [1.807, 2.05) is 0 Å². The summed E-state index contributed by atoms with van der Waals surface area (Å²) in [5, 5.41) is 17.8. The van der Waals surface area contributed by atoms with Crippen LogP contribution in [-0.2, 0) is 4.79 Å². The van der Waals surface area contributed by atoms with E-state index < -0.39 is 18.1 Å². The van der Waals surface area contributed by atoms with Crippen LogP contribution in [0.25, 0.3) is 0 Å². The van der Waals surface area contributed by atoms with Gasteiger partial charge >= 0.3 is 5.97 Å². The molecule has 0 saturated heterocycles. The van der Waals surface area contributed by atoms with Gasteiger partial charge < -0.3 is 14.7 Å². The first kappa shape index (κ1) is 10.4. The average Bonchev–Trinajstić information content (AvgIpc) is 1.54. The fourth-order valence-electron chi connectivity index (χ4n) is 1.18. The minimum Gasteiger partial charge on any atom is -0.477 e. The summed E-state index contributed by atoms with van der Waals surface area (Å²) < 4.78 is 0.229. The Hall–Kier alpha value is -0.610. The minimum atomic E-state index is -0.965. The van der Waals surface area contributed by atoms with Gasteiger partial charge in [-0.3, -0.25) is 0 Å². The molecule has 0 aromatic carbocycles. The minimum absolute atomic E-state index is 0.229. The molecule has 0 aliphatic rings. The van der Waals surface area contributed by atoms with Gasteiger partial charge in [0.25, 0.3) is 0 Å². The number of nitrogens with zero attached hydrogens (tertiary/aromatic N) is 1. The standard InChI is InChI=1S/C7H15NO3/c1-5(9)6(7(10)11)8(2,3)4/h5-6,9H,1-4H3/p+1/t5-,6-/m0/s1. The fraction of sp³-hybridized carbons (Fsp3) is 0.857. The number of quaternary nitrogens is 1. The van der Waals surface area contributed by atoms with Crippen LogP contribution in [-0.4, -0.2) is 54.0 Å². The zero-order valence-corrected chi connectivity index (χ0v) is 7.40. The van der Waals surface area contributed by atoms with Gasteiger partial charge in [-0.05, 0) is 6.92 Å². The van der Waals surface area contributed by atoms with Gasteiger partial charge in [-0.25, -0.2) is 4.79 Å². The SMILES string of the molecule is C[C@H](O)[C@@H](C(=O)O)[N+](C)(C)C. The summed E-state index contributed by atoms with van der Waals surface area (Å²) in [6.45, 7) is 1.49. The number of hydrogen-bond donors (Lipinski definition) is 2. The highest BCUT2D eigenvalue weighted by molar-refractivity contribution is 5.72. The molecule has 2 N–H and O–H groups in total. The Bertz CT molecular complexity index is 148. The highest BCUT2D eigenvalue weighted by Crippen LogP contribution is 2.07. The third-order valence-corrected chi connectivity index (χ3v) is 1.54. The van der Waals surface area contributed by atoms with Gasteiger partial charge in [-0.2, -0.15) is 0 Å². The molecule has 0 saturated carbocycles. The summed E-state index contributed by atoms with van der Waals surface area (Å²) in [4.78, 5) is 10.6. The van der Waals surface area contributed by atoms with Gasteiger partial charge in [0, 0.05) is 0 Å². The molecule has 66 valence electrons. The zero-order valence-electron chi connectivity index (χ0n) is 7.40. The zero-order chi connectivity index (χ0) is 9.23. The molecule has 0 aromatic rings. The Morgan fingerprint density at radius 3 is 1.73 bits per heavy atom. The quantitative estimate of drug-likeness (QED) is 0.551. The highest BCUT2D eigenvalue weighted by Gasteiger charge is 2.35. The predicted molar refractivity (Wildman–Crippen MR) is 41.1 cm³/mol. The van der Waals surface area contributed by atoms with Gasteiger partial charge in [-0.1, -0.05) is 0 Å². The van der Waals surface area contributed by atoms with Crippen LogP contribution in [0.1, 0.15) is 6.92 Å². The van der Waals surface area contributed by atoms with Crippen molar-refractivity contribution in [1.82, 2.24) is 0 Å². The van der Waals surface area contributed by atoms with E-state index >= 15 is 0 Å². The van der Waals surface area contributed by atoms with Crippen molar-refractivity contribution < 1.29 is 19.5 Å². The lowest BCUT2D eigenvalue weighted by Crippen LogP contribution is -2.55. The second-order valence-electron chi connectivity index (χ2n) is 3.64. The molecule has 0 heterocycles. The van der Waals surface area contributed by atoms with Gasteiger partial charge in [0.15, 0.2) is 0 Å². The largest absolute Gasteiger partial charge is 0.477 e. The smallest absolute Gasteiger partial charge is 0.365 e. The van der Waals surface area contributed by atoms with E-state index in [9.17, 15) is 4.79 Å². The molecule has 0 radical (unpaired) electrons. The van der Waals surface area contributed by atoms with Crippen LogP contribution in [0.3, 0.4) is 0 Å². The molecule has 0 fully saturated rings. The van der Waals surface area contributed by atoms with Crippen LogP contribution >= 0.6 is 0 Å². The molecule has 11 heavy (non-hydrogen) atoms. The molecule has 0 bridgehead atoms. The lowest BCUT2D eigenvalue weighted by atomic mass is 10.1. The maximum Gasteiger partial charge on any atom is 0.365 e. The molecule has 0 unspecified atom stereocenters. The first-order chi connectivity index (χ1) is 4.76. The van der Waals surface area contributed by atoms with Gasteiger partial charge in [0.1, 0.15) is 6.10 Å². The second-order valence-corrected chi connectivity index (χ2v) is 3.64. The Morgan fingerprint density at radius 2 is 1.73 bits per heavy atom. The van der Waals surface area contributed by atoms with Crippen molar-refractivity contribution in [2.24, 2.45) is 0 Å². The molecule has 0 amide bonds. The van der Waals surface area contributed by atoms with Crippen LogP contribution in [0.5, 0.6) is 0 Å². The number of aliphatic carboxylic acids is 1. The maximum absolute atomic E-state index is 10.6. The molecule has 2 atom stereocenters. The third kappa shape index (κ3) is 2.86. The topological polar surface area (TPSA) is 57.5 Å². The summed E-state index contributed by atoms with van der Waals surface area (Å²) in [6, 6.07) is -0.755. The number of rotatable bonds is 3. The Kier molecular flexibility index (Phi) is 3.02. The van der Waals surface area contributed by atoms with Crippen LogP contribution in [0.4, 0.5) is 0 Å². The van der Waals surface area contributed by atoms with Crippen molar-refractivity contribution in [1.29, 1.82) is 0 Å². The Labute approximate surface area is 66.6 Å². The predicted octanol–water partition coefficient (Wildman–Crippen LogP) is -0.473. The number of likely N-dealkylation sites (N-methyl/N-ethyl adjacent to an activating group) is 1. The normalized spacial score (nSPS) is 17.5. The van der Waals surface area contributed by atoms with E-state index in [2.05, 4.69) is 0 Å². The Morgan fingerprint density at radius 1 is 1.36 bits per heavy atom. The average molecular weight is 162 g/mol. The van der Waals surface area contributed by atoms with Gasteiger partial charge in [0.05, 0.1) is 21.1 Å². The number of carbonyl (C=O) groups is 1. The van der Waals surface area contributed by atoms with Crippen molar-refractivity contribution in [2.45, 2.75) is 19.1 Å². The fourth-order valence-corrected chi connectivity index (χ4v) is 1.18. The molecule has 0 aromatic heterocycles. The molecule has 0 aliphatic carbocycles. The molecule has 0 spiro atoms.